The lowest BCUT2D eigenvalue weighted by Gasteiger charge is -2.37. The van der Waals surface area contributed by atoms with E-state index < -0.39 is 14.1 Å². The summed E-state index contributed by atoms with van der Waals surface area (Å²) in [5, 5.41) is 42.1. The van der Waals surface area contributed by atoms with Gasteiger partial charge in [0.05, 0.1) is 0 Å². The van der Waals surface area contributed by atoms with E-state index in [1.165, 1.54) is 70.6 Å². The quantitative estimate of drug-likeness (QED) is 0.0268. The molecule has 14 nitrogen and oxygen atoms in total. The fraction of sp³-hybridized carbons (Fsp3) is 0.844. The van der Waals surface area contributed by atoms with Gasteiger partial charge in [-0.1, -0.05) is 70.4 Å². The van der Waals surface area contributed by atoms with Crippen LogP contribution in [0.1, 0.15) is 122 Å². The molecule has 0 bridgehead atoms. The maximum absolute atomic E-state index is 9.40. The summed E-state index contributed by atoms with van der Waals surface area (Å²) in [6.45, 7) is 5.71. The molecule has 3 saturated carbocycles. The lowest BCUT2D eigenvalue weighted by molar-refractivity contribution is 0.183. The first-order valence-corrected chi connectivity index (χ1v) is 18.8. The summed E-state index contributed by atoms with van der Waals surface area (Å²) in [5.74, 6) is 1.94. The largest absolute Gasteiger partial charge is 0.437 e. The first kappa shape index (κ1) is 50.5. The Morgan fingerprint density at radius 1 is 0.750 bits per heavy atom. The molecule has 3 fully saturated rings. The highest BCUT2D eigenvalue weighted by molar-refractivity contribution is 7.71. The number of nitrogens with two attached hydrogens (primary N) is 2. The molecule has 11 N–H and O–H groups in total. The Balaban J connectivity index is 0.000000732. The fourth-order valence-electron chi connectivity index (χ4n) is 7.72. The van der Waals surface area contributed by atoms with Crippen molar-refractivity contribution in [3.8, 4) is 0 Å². The maximum Gasteiger partial charge on any atom is 0.373 e. The van der Waals surface area contributed by atoms with E-state index in [-0.39, 0.29) is 64.0 Å². The van der Waals surface area contributed by atoms with Gasteiger partial charge in [-0.15, -0.1) is 24.8 Å². The molecule has 0 aliphatic heterocycles. The summed E-state index contributed by atoms with van der Waals surface area (Å²) in [7, 11) is -0.981. The molecule has 5 rings (SSSR count). The van der Waals surface area contributed by atoms with Gasteiger partial charge < -0.3 is 46.2 Å². The number of nitrogens with zero attached hydrogens (tertiary/aromatic N) is 3. The van der Waals surface area contributed by atoms with E-state index >= 15 is 0 Å². The van der Waals surface area contributed by atoms with E-state index in [2.05, 4.69) is 35.9 Å². The predicted molar refractivity (Wildman–Crippen MR) is 219 cm³/mol. The van der Waals surface area contributed by atoms with Crippen molar-refractivity contribution in [2.24, 2.45) is 32.9 Å². The SMILES string of the molecule is C.CB(O)NCC1(CC(N)=NO)CCCCC1.CB(O)NCC1(Cc2nc(=S)o[nH]2)CCCCC1.Cl.Cl.NCC1(Cc2nc(=S)o[nH]2)CCCCC1. The Bertz CT molecular complexity index is 1360. The zero-order valence-electron chi connectivity index (χ0n) is 30.3. The molecule has 0 spiro atoms. The zero-order chi connectivity index (χ0) is 35.8. The van der Waals surface area contributed by atoms with E-state index in [1.54, 1.807) is 13.6 Å². The third-order valence-corrected chi connectivity index (χ3v) is 10.8. The van der Waals surface area contributed by atoms with Gasteiger partial charge in [-0.25, -0.2) is 10.3 Å². The van der Waals surface area contributed by atoms with Gasteiger partial charge in [0.2, 0.25) is 0 Å². The smallest absolute Gasteiger partial charge is 0.373 e. The second-order valence-electron chi connectivity index (χ2n) is 14.7. The minimum atomic E-state index is -0.508. The number of amidine groups is 1. The minimum Gasteiger partial charge on any atom is -0.437 e. The molecule has 3 aliphatic rings. The molecule has 300 valence electrons. The topological polar surface area (TPSA) is 233 Å². The summed E-state index contributed by atoms with van der Waals surface area (Å²) in [6, 6.07) is 0. The summed E-state index contributed by atoms with van der Waals surface area (Å²) < 4.78 is 9.92. The van der Waals surface area contributed by atoms with Crippen molar-refractivity contribution < 1.29 is 24.3 Å². The predicted octanol–water partition coefficient (Wildman–Crippen LogP) is 6.36. The number of H-pyrrole nitrogens is 2. The Morgan fingerprint density at radius 3 is 1.46 bits per heavy atom. The van der Waals surface area contributed by atoms with E-state index in [4.69, 9.17) is 50.2 Å². The molecular formula is C32H65B2Cl2N9O5S2. The van der Waals surface area contributed by atoms with E-state index in [0.717, 1.165) is 69.8 Å². The van der Waals surface area contributed by atoms with Crippen LogP contribution in [0.3, 0.4) is 0 Å². The Labute approximate surface area is 333 Å². The van der Waals surface area contributed by atoms with Crippen molar-refractivity contribution in [3.63, 3.8) is 0 Å². The fourth-order valence-corrected chi connectivity index (χ4v) is 8.02. The maximum atomic E-state index is 9.40. The van der Waals surface area contributed by atoms with Crippen LogP contribution in [0.5, 0.6) is 0 Å². The summed E-state index contributed by atoms with van der Waals surface area (Å²) in [6.07, 6.45) is 20.4. The Hall–Kier alpha value is -1.50. The molecule has 0 atom stereocenters. The average Bonchev–Trinajstić information content (AvgIpc) is 3.70. The lowest BCUT2D eigenvalue weighted by atomic mass is 9.70. The monoisotopic (exact) mass is 811 g/mol. The number of oxime groups is 1. The van der Waals surface area contributed by atoms with Crippen LogP contribution in [0, 0.1) is 25.9 Å². The van der Waals surface area contributed by atoms with Crippen LogP contribution >= 0.6 is 49.2 Å². The molecule has 2 aromatic heterocycles. The van der Waals surface area contributed by atoms with Crippen molar-refractivity contribution in [2.45, 2.75) is 137 Å². The second kappa shape index (κ2) is 25.6. The first-order chi connectivity index (χ1) is 23.4. The van der Waals surface area contributed by atoms with Gasteiger partial charge in [-0.3, -0.25) is 0 Å². The summed E-state index contributed by atoms with van der Waals surface area (Å²) in [5.41, 5.74) is 11.9. The lowest BCUT2D eigenvalue weighted by Crippen LogP contribution is -2.44. The molecule has 0 unspecified atom stereocenters. The van der Waals surface area contributed by atoms with Crippen LogP contribution in [0.25, 0.3) is 0 Å². The highest BCUT2D eigenvalue weighted by atomic mass is 35.5. The van der Waals surface area contributed by atoms with Crippen LogP contribution in [0.4, 0.5) is 0 Å². The zero-order valence-corrected chi connectivity index (χ0v) is 33.6. The van der Waals surface area contributed by atoms with Crippen molar-refractivity contribution in [1.82, 2.24) is 30.7 Å². The number of aromatic nitrogens is 4. The van der Waals surface area contributed by atoms with Crippen molar-refractivity contribution in [1.29, 1.82) is 0 Å². The number of rotatable bonds is 13. The number of nitrogens with one attached hydrogen (secondary N) is 4. The highest BCUT2D eigenvalue weighted by Gasteiger charge is 2.35. The molecule has 2 heterocycles. The minimum absolute atomic E-state index is 0. The summed E-state index contributed by atoms with van der Waals surface area (Å²) >= 11 is 9.71. The molecule has 0 radical (unpaired) electrons. The molecule has 52 heavy (non-hydrogen) atoms. The number of hydrogen-bond acceptors (Lipinski definition) is 13. The van der Waals surface area contributed by atoms with Crippen molar-refractivity contribution in [2.75, 3.05) is 19.6 Å². The normalized spacial score (nSPS) is 18.8. The van der Waals surface area contributed by atoms with E-state index in [0.29, 0.717) is 6.42 Å². The first-order valence-electron chi connectivity index (χ1n) is 18.0. The van der Waals surface area contributed by atoms with E-state index in [1.807, 2.05) is 0 Å². The average molecular weight is 813 g/mol. The number of hydrogen-bond donors (Lipinski definition) is 9. The molecular weight excluding hydrogens is 747 g/mol. The molecule has 0 amide bonds. The third kappa shape index (κ3) is 17.8. The Kier molecular flexibility index (Phi) is 24.8. The van der Waals surface area contributed by atoms with Crippen LogP contribution in [-0.2, 0) is 12.8 Å². The molecule has 3 aliphatic carbocycles. The van der Waals surface area contributed by atoms with Crippen LogP contribution in [0.2, 0.25) is 13.6 Å². The van der Waals surface area contributed by atoms with Gasteiger partial charge in [0.15, 0.2) is 0 Å². The summed E-state index contributed by atoms with van der Waals surface area (Å²) in [4.78, 5) is 8.86. The van der Waals surface area contributed by atoms with Gasteiger partial charge >= 0.3 is 23.8 Å². The van der Waals surface area contributed by atoms with Gasteiger partial charge in [-0.05, 0) is 112 Å². The van der Waals surface area contributed by atoms with Crippen LogP contribution < -0.4 is 21.9 Å². The van der Waals surface area contributed by atoms with Gasteiger partial charge in [0, 0.05) is 19.3 Å². The van der Waals surface area contributed by atoms with Gasteiger partial charge in [0.25, 0.3) is 0 Å². The molecule has 0 saturated heterocycles. The highest BCUT2D eigenvalue weighted by Crippen LogP contribution is 2.40. The second-order valence-corrected chi connectivity index (χ2v) is 15.4. The van der Waals surface area contributed by atoms with E-state index in [9.17, 15) is 10.0 Å². The van der Waals surface area contributed by atoms with Crippen LogP contribution in [0.15, 0.2) is 14.2 Å². The standard InChI is InChI=1S/C11H20BN3O2S.C10H22BN3O2.C10H17N3OS.CH4.2ClH/c1-12(16)13-8-11(5-3-2-4-6-11)7-9-14-10(18)17-15-9;1-11(15)13-8-10(7-9(12)14-16)5-3-2-4-6-10;11-7-10(4-2-1-3-5-10)6-8-12-9(15)14-13-8;;;/h13,16H,2-8H2,1H3,(H,14,15,18);13,15-16H,2-8H2,1H3,(H2,12,14);1-7,11H2,(H,12,13,15);1H4;2*1H. The van der Waals surface area contributed by atoms with Gasteiger partial charge in [0.1, 0.15) is 17.5 Å². The number of halogens is 2. The van der Waals surface area contributed by atoms with Crippen LogP contribution in [-0.4, -0.2) is 75.1 Å². The molecule has 2 aromatic rings. The number of aromatic amines is 2. The van der Waals surface area contributed by atoms with Crippen molar-refractivity contribution in [3.05, 3.63) is 21.3 Å². The van der Waals surface area contributed by atoms with Gasteiger partial charge in [-0.2, -0.15) is 9.97 Å². The third-order valence-electron chi connectivity index (χ3n) is 10.5. The molecule has 0 aromatic carbocycles. The Morgan fingerprint density at radius 2 is 1.12 bits per heavy atom. The molecule has 20 heteroatoms. The van der Waals surface area contributed by atoms with Crippen molar-refractivity contribution >= 4 is 69.2 Å².